The van der Waals surface area contributed by atoms with E-state index in [1.165, 1.54) is 9.80 Å². The summed E-state index contributed by atoms with van der Waals surface area (Å²) in [5, 5.41) is 2.81. The lowest BCUT2D eigenvalue weighted by atomic mass is 10.0. The molecule has 1 aromatic carbocycles. The van der Waals surface area contributed by atoms with E-state index >= 15 is 0 Å². The monoisotopic (exact) mass is 407 g/mol. The van der Waals surface area contributed by atoms with Crippen molar-refractivity contribution in [3.63, 3.8) is 0 Å². The number of hydrogen-bond donors (Lipinski definition) is 1. The Morgan fingerprint density at radius 1 is 1.14 bits per heavy atom. The minimum atomic E-state index is -0.604. The van der Waals surface area contributed by atoms with Crippen molar-refractivity contribution in [1.82, 2.24) is 9.80 Å². The van der Waals surface area contributed by atoms with Crippen LogP contribution in [0.15, 0.2) is 29.2 Å². The van der Waals surface area contributed by atoms with E-state index in [1.54, 1.807) is 38.4 Å². The summed E-state index contributed by atoms with van der Waals surface area (Å²) < 4.78 is 5.45. The molecule has 1 N–H and O–H groups in total. The normalized spacial score (nSPS) is 17.0. The van der Waals surface area contributed by atoms with Gasteiger partial charge in [0.05, 0.1) is 0 Å². The predicted octanol–water partition coefficient (Wildman–Crippen LogP) is 4.19. The minimum absolute atomic E-state index is 0.0630. The Labute approximate surface area is 170 Å². The van der Waals surface area contributed by atoms with Gasteiger partial charge < -0.3 is 15.0 Å². The molecule has 1 atom stereocenters. The molecule has 28 heavy (non-hydrogen) atoms. The van der Waals surface area contributed by atoms with Gasteiger partial charge in [-0.3, -0.25) is 14.5 Å². The van der Waals surface area contributed by atoms with Crippen LogP contribution < -0.4 is 5.32 Å². The van der Waals surface area contributed by atoms with E-state index in [4.69, 9.17) is 4.74 Å². The standard InChI is InChI=1S/C20H29N3O4S/c1-20(2,3)27-18(25)23-13-7-6-8-16(23)17(24)21-14-9-11-15(12-10-14)28-19(26)22(4)5/h9-12,16H,6-8,13H2,1-5H3,(H,21,24). The first-order valence-corrected chi connectivity index (χ1v) is 10.2. The number of hydrogen-bond acceptors (Lipinski definition) is 5. The molecule has 1 unspecified atom stereocenters. The lowest BCUT2D eigenvalue weighted by molar-refractivity contribution is -0.122. The molecule has 2 rings (SSSR count). The predicted molar refractivity (Wildman–Crippen MR) is 111 cm³/mol. The SMILES string of the molecule is CN(C)C(=O)Sc1ccc(NC(=O)C2CCCCN2C(=O)OC(C)(C)C)cc1. The van der Waals surface area contributed by atoms with E-state index in [0.29, 0.717) is 18.7 Å². The van der Waals surface area contributed by atoms with Crippen molar-refractivity contribution < 1.29 is 19.1 Å². The van der Waals surface area contributed by atoms with Crippen LogP contribution in [0.2, 0.25) is 0 Å². The molecule has 0 radical (unpaired) electrons. The summed E-state index contributed by atoms with van der Waals surface area (Å²) in [5.41, 5.74) is 0.0221. The molecule has 0 aliphatic carbocycles. The van der Waals surface area contributed by atoms with Gasteiger partial charge in [0.1, 0.15) is 11.6 Å². The first kappa shape index (κ1) is 22.1. The number of nitrogens with zero attached hydrogens (tertiary/aromatic N) is 2. The summed E-state index contributed by atoms with van der Waals surface area (Å²) in [7, 11) is 3.40. The van der Waals surface area contributed by atoms with Gasteiger partial charge >= 0.3 is 6.09 Å². The summed E-state index contributed by atoms with van der Waals surface area (Å²) in [6, 6.07) is 6.53. The maximum Gasteiger partial charge on any atom is 0.410 e. The third kappa shape index (κ3) is 6.44. The first-order chi connectivity index (χ1) is 13.1. The molecule has 1 aliphatic heterocycles. The van der Waals surface area contributed by atoms with Crippen LogP contribution >= 0.6 is 11.8 Å². The van der Waals surface area contributed by atoms with Crippen LogP contribution in [0.4, 0.5) is 15.3 Å². The second kappa shape index (κ2) is 9.32. The van der Waals surface area contributed by atoms with E-state index in [9.17, 15) is 14.4 Å². The molecule has 1 saturated heterocycles. The molecular formula is C20H29N3O4S. The van der Waals surface area contributed by atoms with E-state index in [2.05, 4.69) is 5.32 Å². The number of amides is 3. The number of ether oxygens (including phenoxy) is 1. The van der Waals surface area contributed by atoms with Crippen molar-refractivity contribution in [2.24, 2.45) is 0 Å². The van der Waals surface area contributed by atoms with Gasteiger partial charge in [-0.15, -0.1) is 0 Å². The molecule has 0 spiro atoms. The second-order valence-corrected chi connectivity index (χ2v) is 8.99. The van der Waals surface area contributed by atoms with Gasteiger partial charge in [-0.25, -0.2) is 4.79 Å². The van der Waals surface area contributed by atoms with E-state index in [0.717, 1.165) is 29.5 Å². The van der Waals surface area contributed by atoms with E-state index in [1.807, 2.05) is 20.8 Å². The van der Waals surface area contributed by atoms with Gasteiger partial charge in [-0.1, -0.05) is 0 Å². The molecule has 1 heterocycles. The lowest BCUT2D eigenvalue weighted by Crippen LogP contribution is -2.51. The number of benzene rings is 1. The maximum absolute atomic E-state index is 12.8. The molecular weight excluding hydrogens is 378 g/mol. The van der Waals surface area contributed by atoms with E-state index in [-0.39, 0.29) is 11.1 Å². The Bertz CT molecular complexity index is 713. The number of rotatable bonds is 3. The summed E-state index contributed by atoms with van der Waals surface area (Å²) in [6.07, 6.45) is 1.89. The highest BCUT2D eigenvalue weighted by molar-refractivity contribution is 8.13. The Kier molecular flexibility index (Phi) is 7.35. The fraction of sp³-hybridized carbons (Fsp3) is 0.550. The van der Waals surface area contributed by atoms with Gasteiger partial charge in [-0.2, -0.15) is 0 Å². The van der Waals surface area contributed by atoms with Gasteiger partial charge in [0.15, 0.2) is 0 Å². The van der Waals surface area contributed by atoms with Crippen LogP contribution in [-0.4, -0.2) is 59.3 Å². The smallest absolute Gasteiger partial charge is 0.410 e. The average molecular weight is 408 g/mol. The number of piperidine rings is 1. The molecule has 1 fully saturated rings. The molecule has 0 saturated carbocycles. The zero-order valence-electron chi connectivity index (χ0n) is 17.2. The Hall–Kier alpha value is -2.22. The Morgan fingerprint density at radius 2 is 1.79 bits per heavy atom. The third-order valence-corrected chi connectivity index (χ3v) is 5.17. The zero-order valence-corrected chi connectivity index (χ0v) is 18.0. The van der Waals surface area contributed by atoms with Crippen molar-refractivity contribution in [3.8, 4) is 0 Å². The van der Waals surface area contributed by atoms with Crippen molar-refractivity contribution in [2.75, 3.05) is 26.0 Å². The number of likely N-dealkylation sites (tertiary alicyclic amines) is 1. The molecule has 1 aliphatic rings. The van der Waals surface area contributed by atoms with Gasteiger partial charge in [0.2, 0.25) is 5.91 Å². The molecule has 0 bridgehead atoms. The molecule has 154 valence electrons. The largest absolute Gasteiger partial charge is 0.444 e. The van der Waals surface area contributed by atoms with Gasteiger partial charge in [-0.05, 0) is 76.1 Å². The van der Waals surface area contributed by atoms with Crippen molar-refractivity contribution in [2.45, 2.75) is 56.6 Å². The fourth-order valence-corrected chi connectivity index (χ4v) is 3.42. The van der Waals surface area contributed by atoms with Crippen LogP contribution in [0.1, 0.15) is 40.0 Å². The van der Waals surface area contributed by atoms with Crippen molar-refractivity contribution >= 4 is 34.7 Å². The molecule has 1 aromatic rings. The molecule has 0 aromatic heterocycles. The quantitative estimate of drug-likeness (QED) is 0.760. The zero-order chi connectivity index (χ0) is 20.9. The Balaban J connectivity index is 2.01. The number of nitrogens with one attached hydrogen (secondary N) is 1. The molecule has 8 heteroatoms. The van der Waals surface area contributed by atoms with Crippen LogP contribution in [0.5, 0.6) is 0 Å². The van der Waals surface area contributed by atoms with E-state index < -0.39 is 17.7 Å². The molecule has 7 nitrogen and oxygen atoms in total. The highest BCUT2D eigenvalue weighted by Gasteiger charge is 2.34. The highest BCUT2D eigenvalue weighted by atomic mass is 32.2. The number of carbonyl (C=O) groups excluding carboxylic acids is 3. The summed E-state index contributed by atoms with van der Waals surface area (Å²) in [5.74, 6) is -0.227. The summed E-state index contributed by atoms with van der Waals surface area (Å²) in [4.78, 5) is 40.8. The number of anilines is 1. The van der Waals surface area contributed by atoms with Gasteiger partial charge in [0.25, 0.3) is 5.24 Å². The van der Waals surface area contributed by atoms with Crippen LogP contribution in [0.3, 0.4) is 0 Å². The Morgan fingerprint density at radius 3 is 2.36 bits per heavy atom. The topological polar surface area (TPSA) is 79.0 Å². The van der Waals surface area contributed by atoms with Crippen LogP contribution in [-0.2, 0) is 9.53 Å². The minimum Gasteiger partial charge on any atom is -0.444 e. The summed E-state index contributed by atoms with van der Waals surface area (Å²) in [6.45, 7) is 5.94. The van der Waals surface area contributed by atoms with Crippen LogP contribution in [0, 0.1) is 0 Å². The fourth-order valence-electron chi connectivity index (χ4n) is 2.77. The average Bonchev–Trinajstić information content (AvgIpc) is 2.61. The highest BCUT2D eigenvalue weighted by Crippen LogP contribution is 2.24. The number of thioether (sulfide) groups is 1. The van der Waals surface area contributed by atoms with Gasteiger partial charge in [0, 0.05) is 31.2 Å². The lowest BCUT2D eigenvalue weighted by Gasteiger charge is -2.35. The molecule has 3 amide bonds. The maximum atomic E-state index is 12.8. The first-order valence-electron chi connectivity index (χ1n) is 9.36. The van der Waals surface area contributed by atoms with Crippen molar-refractivity contribution in [3.05, 3.63) is 24.3 Å². The second-order valence-electron chi connectivity index (χ2n) is 7.96. The summed E-state index contributed by atoms with van der Waals surface area (Å²) >= 11 is 1.12. The third-order valence-electron chi connectivity index (χ3n) is 4.13. The van der Waals surface area contributed by atoms with Crippen LogP contribution in [0.25, 0.3) is 0 Å². The van der Waals surface area contributed by atoms with Crippen molar-refractivity contribution in [1.29, 1.82) is 0 Å². The number of carbonyl (C=O) groups is 3.